The topological polar surface area (TPSA) is 26.3 Å². The molecule has 1 unspecified atom stereocenters. The van der Waals surface area contributed by atoms with Gasteiger partial charge in [-0.3, -0.25) is 4.79 Å². The number of esters is 1. The van der Waals surface area contributed by atoms with E-state index in [1.807, 2.05) is 0 Å². The van der Waals surface area contributed by atoms with Gasteiger partial charge in [0, 0.05) is 6.92 Å². The lowest BCUT2D eigenvalue weighted by Gasteiger charge is -2.12. The van der Waals surface area contributed by atoms with Crippen LogP contribution in [-0.4, -0.2) is 17.7 Å². The van der Waals surface area contributed by atoms with E-state index in [2.05, 4.69) is 16.3 Å². The molecule has 0 aromatic heterocycles. The lowest BCUT2D eigenvalue weighted by Crippen LogP contribution is -2.27. The summed E-state index contributed by atoms with van der Waals surface area (Å²) in [5, 5.41) is -4.15. The molecular weight excluding hydrogens is 172 g/mol. The molecule has 0 aromatic carbocycles. The summed E-state index contributed by atoms with van der Waals surface area (Å²) in [6.07, 6.45) is -3.08. The van der Waals surface area contributed by atoms with Crippen LogP contribution in [0.2, 0.25) is 0 Å². The van der Waals surface area contributed by atoms with E-state index in [9.17, 15) is 18.0 Å². The number of alkyl halides is 4. The zero-order valence-electron chi connectivity index (χ0n) is 4.91. The minimum absolute atomic E-state index is 0.801. The first-order valence-corrected chi connectivity index (χ1v) is 2.60. The van der Waals surface area contributed by atoms with Crippen LogP contribution in [0.4, 0.5) is 13.2 Å². The van der Waals surface area contributed by atoms with E-state index < -0.39 is 17.7 Å². The van der Waals surface area contributed by atoms with Gasteiger partial charge >= 0.3 is 17.7 Å². The second kappa shape index (κ2) is 3.09. The normalized spacial score (nSPS) is 14.5. The number of hydrogen-bond donors (Lipinski definition) is 0. The average molecular weight is 177 g/mol. The molecule has 0 saturated carbocycles. The molecule has 0 N–H and O–H groups in total. The Morgan fingerprint density at radius 3 is 2.20 bits per heavy atom. The zero-order chi connectivity index (χ0) is 8.36. The second-order valence-corrected chi connectivity index (χ2v) is 1.97. The molecule has 0 rings (SSSR count). The van der Waals surface area contributed by atoms with Gasteiger partial charge in [-0.2, -0.15) is 13.2 Å². The van der Waals surface area contributed by atoms with Crippen LogP contribution < -0.4 is 0 Å². The molecule has 2 nitrogen and oxygen atoms in total. The molecule has 60 valence electrons. The molecule has 0 aliphatic rings. The Balaban J connectivity index is 3.85. The number of rotatable bonds is 2. The highest BCUT2D eigenvalue weighted by Gasteiger charge is 2.40. The Kier molecular flexibility index (Phi) is 2.96. The van der Waals surface area contributed by atoms with Gasteiger partial charge in [0.1, 0.15) is 0 Å². The molecule has 0 aromatic rings. The summed E-state index contributed by atoms with van der Waals surface area (Å²) in [6.45, 7) is 0.801. The van der Waals surface area contributed by atoms with E-state index in [1.165, 1.54) is 0 Å². The van der Waals surface area contributed by atoms with Gasteiger partial charge in [-0.05, 0) is 11.6 Å². The van der Waals surface area contributed by atoms with Gasteiger partial charge in [-0.1, -0.05) is 0 Å². The molecule has 0 saturated heterocycles. The average Bonchev–Trinajstić information content (AvgIpc) is 1.60. The number of hydrogen-bond acceptors (Lipinski definition) is 2. The zero-order valence-corrected chi connectivity index (χ0v) is 5.66. The largest absolute Gasteiger partial charge is 0.423 e. The summed E-state index contributed by atoms with van der Waals surface area (Å²) >= 11 is 4.14. The summed E-state index contributed by atoms with van der Waals surface area (Å²) in [7, 11) is 0. The number of ether oxygens (including phenoxy) is 1. The summed E-state index contributed by atoms with van der Waals surface area (Å²) in [4.78, 5) is 9.85. The van der Waals surface area contributed by atoms with E-state index in [-0.39, 0.29) is 0 Å². The van der Waals surface area contributed by atoms with Crippen LogP contribution in [0.1, 0.15) is 6.92 Å². The SMILES string of the molecule is CC(=O)OC(F)C(F)(F)Cl. The Morgan fingerprint density at radius 2 is 2.10 bits per heavy atom. The van der Waals surface area contributed by atoms with Gasteiger partial charge < -0.3 is 4.74 Å². The Hall–Kier alpha value is -0.450. The van der Waals surface area contributed by atoms with Gasteiger partial charge in [0.15, 0.2) is 0 Å². The fraction of sp³-hybridized carbons (Fsp3) is 0.750. The van der Waals surface area contributed by atoms with E-state index in [0.717, 1.165) is 6.92 Å². The van der Waals surface area contributed by atoms with Crippen molar-refractivity contribution >= 4 is 17.6 Å². The van der Waals surface area contributed by atoms with Crippen LogP contribution in [0.25, 0.3) is 0 Å². The molecule has 0 aliphatic heterocycles. The third-order valence-electron chi connectivity index (χ3n) is 0.527. The summed E-state index contributed by atoms with van der Waals surface area (Å²) < 4.78 is 38.4. The van der Waals surface area contributed by atoms with Crippen LogP contribution >= 0.6 is 11.6 Å². The second-order valence-electron chi connectivity index (χ2n) is 1.47. The van der Waals surface area contributed by atoms with Gasteiger partial charge in [0.2, 0.25) is 0 Å². The number of carbonyl (C=O) groups is 1. The highest BCUT2D eigenvalue weighted by atomic mass is 35.5. The molecule has 6 heteroatoms. The molecule has 1 atom stereocenters. The van der Waals surface area contributed by atoms with E-state index in [4.69, 9.17) is 0 Å². The first-order valence-electron chi connectivity index (χ1n) is 2.22. The van der Waals surface area contributed by atoms with Crippen molar-refractivity contribution in [1.82, 2.24) is 0 Å². The molecule has 0 bridgehead atoms. The highest BCUT2D eigenvalue weighted by molar-refractivity contribution is 6.22. The first-order chi connectivity index (χ1) is 4.34. The predicted octanol–water partition coefficient (Wildman–Crippen LogP) is 1.68. The maximum atomic E-state index is 11.8. The van der Waals surface area contributed by atoms with E-state index in [0.29, 0.717) is 0 Å². The van der Waals surface area contributed by atoms with Crippen LogP contribution in [0, 0.1) is 0 Å². The molecule has 0 aliphatic carbocycles. The smallest absolute Gasteiger partial charge is 0.387 e. The van der Waals surface area contributed by atoms with Gasteiger partial charge in [-0.25, -0.2) is 0 Å². The third kappa shape index (κ3) is 3.55. The van der Waals surface area contributed by atoms with Crippen molar-refractivity contribution in [2.24, 2.45) is 0 Å². The highest BCUT2D eigenvalue weighted by Crippen LogP contribution is 2.26. The fourth-order valence-electron chi connectivity index (χ4n) is 0.213. The standard InChI is InChI=1S/C4H4ClF3O2/c1-2(9)10-3(6)4(5,7)8/h3H,1H3. The molecular formula is C4H4ClF3O2. The summed E-state index contributed by atoms with van der Waals surface area (Å²) in [5.74, 6) is -1.15. The van der Waals surface area contributed by atoms with Crippen molar-refractivity contribution in [2.75, 3.05) is 0 Å². The molecule has 0 spiro atoms. The maximum Gasteiger partial charge on any atom is 0.387 e. The maximum absolute atomic E-state index is 11.8. The first kappa shape index (κ1) is 9.55. The van der Waals surface area contributed by atoms with E-state index >= 15 is 0 Å². The quantitative estimate of drug-likeness (QED) is 0.473. The minimum Gasteiger partial charge on any atom is -0.423 e. The van der Waals surface area contributed by atoms with Crippen molar-refractivity contribution in [2.45, 2.75) is 18.7 Å². The Labute approximate surface area is 59.9 Å². The lowest BCUT2D eigenvalue weighted by atomic mass is 10.7. The van der Waals surface area contributed by atoms with Gasteiger partial charge in [-0.15, -0.1) is 0 Å². The van der Waals surface area contributed by atoms with Crippen molar-refractivity contribution < 1.29 is 22.7 Å². The van der Waals surface area contributed by atoms with Crippen molar-refractivity contribution in [3.8, 4) is 0 Å². The van der Waals surface area contributed by atoms with E-state index in [1.54, 1.807) is 0 Å². The predicted molar refractivity (Wildman–Crippen MR) is 27.5 cm³/mol. The lowest BCUT2D eigenvalue weighted by molar-refractivity contribution is -0.179. The number of halogens is 4. The molecule has 10 heavy (non-hydrogen) atoms. The summed E-state index contributed by atoms with van der Waals surface area (Å²) in [5.41, 5.74) is 0. The van der Waals surface area contributed by atoms with Crippen LogP contribution in [0.5, 0.6) is 0 Å². The summed E-state index contributed by atoms with van der Waals surface area (Å²) in [6, 6.07) is 0. The fourth-order valence-corrected chi connectivity index (χ4v) is 0.257. The van der Waals surface area contributed by atoms with Gasteiger partial charge in [0.05, 0.1) is 0 Å². The Bertz CT molecular complexity index is 133. The monoisotopic (exact) mass is 176 g/mol. The van der Waals surface area contributed by atoms with Crippen molar-refractivity contribution in [1.29, 1.82) is 0 Å². The van der Waals surface area contributed by atoms with Crippen LogP contribution in [0.3, 0.4) is 0 Å². The Morgan fingerprint density at radius 1 is 1.70 bits per heavy atom. The van der Waals surface area contributed by atoms with Crippen LogP contribution in [-0.2, 0) is 9.53 Å². The van der Waals surface area contributed by atoms with Gasteiger partial charge in [0.25, 0.3) is 0 Å². The molecule has 0 fully saturated rings. The molecule has 0 heterocycles. The van der Waals surface area contributed by atoms with Crippen molar-refractivity contribution in [3.63, 3.8) is 0 Å². The van der Waals surface area contributed by atoms with Crippen LogP contribution in [0.15, 0.2) is 0 Å². The van der Waals surface area contributed by atoms with Crippen molar-refractivity contribution in [3.05, 3.63) is 0 Å². The minimum atomic E-state index is -4.15. The molecule has 0 amide bonds. The third-order valence-corrected chi connectivity index (χ3v) is 0.698. The number of carbonyl (C=O) groups excluding carboxylic acids is 1. The molecule has 0 radical (unpaired) electrons.